The highest BCUT2D eigenvalue weighted by Gasteiger charge is 2.39. The number of nitrogens with zero attached hydrogens (tertiary/aromatic N) is 2. The largest absolute Gasteiger partial charge is 0.463 e. The molecule has 3 atom stereocenters. The zero-order valence-electron chi connectivity index (χ0n) is 22.5. The summed E-state index contributed by atoms with van der Waals surface area (Å²) in [6, 6.07) is -0.920. The SMILES string of the molecule is CCOC(=O)C(C)=C[C@@H](C(C)C)N(C)C(=O)[C@@H](NC(=O)C1CCCCN1C(C)C)C(C)(C)C. The van der Waals surface area contributed by atoms with Gasteiger partial charge in [-0.1, -0.05) is 47.1 Å². The van der Waals surface area contributed by atoms with Crippen molar-refractivity contribution in [2.45, 2.75) is 106 Å². The molecule has 1 heterocycles. The first kappa shape index (κ1) is 29.1. The number of esters is 1. The quantitative estimate of drug-likeness (QED) is 0.414. The van der Waals surface area contributed by atoms with Gasteiger partial charge in [0.2, 0.25) is 11.8 Å². The average Bonchev–Trinajstić information content (AvgIpc) is 2.73. The van der Waals surface area contributed by atoms with Gasteiger partial charge in [-0.3, -0.25) is 14.5 Å². The molecule has 0 radical (unpaired) electrons. The van der Waals surface area contributed by atoms with Crippen molar-refractivity contribution in [2.24, 2.45) is 11.3 Å². The lowest BCUT2D eigenvalue weighted by atomic mass is 9.84. The molecule has 33 heavy (non-hydrogen) atoms. The van der Waals surface area contributed by atoms with Crippen molar-refractivity contribution >= 4 is 17.8 Å². The maximum Gasteiger partial charge on any atom is 0.333 e. The lowest BCUT2D eigenvalue weighted by Gasteiger charge is -2.41. The minimum atomic E-state index is -0.677. The molecule has 2 amide bonds. The van der Waals surface area contributed by atoms with E-state index in [9.17, 15) is 14.4 Å². The molecule has 0 saturated carbocycles. The first-order valence-electron chi connectivity index (χ1n) is 12.4. The lowest BCUT2D eigenvalue weighted by molar-refractivity contribution is -0.142. The van der Waals surface area contributed by atoms with Gasteiger partial charge in [0, 0.05) is 18.7 Å². The second-order valence-electron chi connectivity index (χ2n) is 10.9. The molecule has 1 fully saturated rings. The predicted molar refractivity (Wildman–Crippen MR) is 133 cm³/mol. The van der Waals surface area contributed by atoms with Gasteiger partial charge < -0.3 is 15.0 Å². The molecule has 0 aromatic heterocycles. The fourth-order valence-corrected chi connectivity index (χ4v) is 4.41. The van der Waals surface area contributed by atoms with Gasteiger partial charge in [-0.15, -0.1) is 0 Å². The molecule has 0 aromatic carbocycles. The van der Waals surface area contributed by atoms with Crippen molar-refractivity contribution in [1.29, 1.82) is 0 Å². The van der Waals surface area contributed by atoms with Gasteiger partial charge in [0.15, 0.2) is 0 Å². The molecule has 7 heteroatoms. The molecule has 1 N–H and O–H groups in total. The standard InChI is InChI=1S/C26H47N3O4/c1-11-33-25(32)19(6)16-21(17(2)3)28(10)24(31)22(26(7,8)9)27-23(30)20-14-12-13-15-29(20)18(4)5/h16-18,20-22H,11-15H2,1-10H3,(H,27,30)/t20?,21-,22+/m0/s1. The van der Waals surface area contributed by atoms with Crippen LogP contribution in [0.5, 0.6) is 0 Å². The van der Waals surface area contributed by atoms with Crippen LogP contribution in [0.3, 0.4) is 0 Å². The van der Waals surface area contributed by atoms with Crippen LogP contribution in [-0.2, 0) is 19.1 Å². The van der Waals surface area contributed by atoms with Crippen LogP contribution in [-0.4, -0.2) is 72.0 Å². The first-order chi connectivity index (χ1) is 15.2. The summed E-state index contributed by atoms with van der Waals surface area (Å²) in [5.74, 6) is -0.538. The third-order valence-corrected chi connectivity index (χ3v) is 6.41. The summed E-state index contributed by atoms with van der Waals surface area (Å²) in [5, 5.41) is 3.10. The van der Waals surface area contributed by atoms with Crippen LogP contribution >= 0.6 is 0 Å². The molecule has 0 aromatic rings. The predicted octanol–water partition coefficient (Wildman–Crippen LogP) is 3.77. The van der Waals surface area contributed by atoms with Crippen molar-refractivity contribution in [3.8, 4) is 0 Å². The third kappa shape index (κ3) is 8.13. The normalized spacial score (nSPS) is 19.9. The number of hydrogen-bond donors (Lipinski definition) is 1. The topological polar surface area (TPSA) is 79.0 Å². The number of rotatable bonds is 9. The van der Waals surface area contributed by atoms with Gasteiger partial charge in [-0.05, 0) is 58.4 Å². The van der Waals surface area contributed by atoms with E-state index >= 15 is 0 Å². The van der Waals surface area contributed by atoms with E-state index in [1.165, 1.54) is 0 Å². The molecule has 1 rings (SSSR count). The molecule has 190 valence electrons. The fourth-order valence-electron chi connectivity index (χ4n) is 4.41. The first-order valence-corrected chi connectivity index (χ1v) is 12.4. The Labute approximate surface area is 201 Å². The van der Waals surface area contributed by atoms with Crippen LogP contribution in [0.2, 0.25) is 0 Å². The average molecular weight is 466 g/mol. The van der Waals surface area contributed by atoms with E-state index < -0.39 is 11.5 Å². The lowest BCUT2D eigenvalue weighted by Crippen LogP contribution is -2.60. The van der Waals surface area contributed by atoms with Crippen LogP contribution in [0.15, 0.2) is 11.6 Å². The number of likely N-dealkylation sites (N-methyl/N-ethyl adjacent to an activating group) is 1. The van der Waals surface area contributed by atoms with E-state index in [4.69, 9.17) is 4.74 Å². The Morgan fingerprint density at radius 2 is 1.76 bits per heavy atom. The van der Waals surface area contributed by atoms with Crippen molar-refractivity contribution in [3.05, 3.63) is 11.6 Å². The highest BCUT2D eigenvalue weighted by Crippen LogP contribution is 2.26. The Morgan fingerprint density at radius 1 is 1.15 bits per heavy atom. The molecule has 0 bridgehead atoms. The summed E-state index contributed by atoms with van der Waals surface area (Å²) in [5.41, 5.74) is 0.000989. The molecule has 1 unspecified atom stereocenters. The van der Waals surface area contributed by atoms with Crippen LogP contribution < -0.4 is 5.32 Å². The minimum absolute atomic E-state index is 0.0782. The van der Waals surface area contributed by atoms with Gasteiger partial charge in [0.1, 0.15) is 6.04 Å². The summed E-state index contributed by atoms with van der Waals surface area (Å²) in [7, 11) is 1.74. The fraction of sp³-hybridized carbons (Fsp3) is 0.808. The van der Waals surface area contributed by atoms with Crippen LogP contribution in [0.1, 0.15) is 81.6 Å². The van der Waals surface area contributed by atoms with E-state index in [0.29, 0.717) is 12.2 Å². The Balaban J connectivity index is 3.15. The number of nitrogens with one attached hydrogen (secondary N) is 1. The zero-order chi connectivity index (χ0) is 25.5. The summed E-state index contributed by atoms with van der Waals surface area (Å²) < 4.78 is 5.10. The van der Waals surface area contributed by atoms with Crippen LogP contribution in [0.4, 0.5) is 0 Å². The number of carbonyl (C=O) groups excluding carboxylic acids is 3. The number of amides is 2. The number of hydrogen-bond acceptors (Lipinski definition) is 5. The molecule has 7 nitrogen and oxygen atoms in total. The Kier molecular flexibility index (Phi) is 11.1. The number of ether oxygens (including phenoxy) is 1. The molecular formula is C26H47N3O4. The Hall–Kier alpha value is -1.89. The molecule has 0 aliphatic carbocycles. The summed E-state index contributed by atoms with van der Waals surface area (Å²) in [6.45, 7) is 18.8. The highest BCUT2D eigenvalue weighted by molar-refractivity contribution is 5.91. The summed E-state index contributed by atoms with van der Waals surface area (Å²) in [4.78, 5) is 43.1. The van der Waals surface area contributed by atoms with Crippen molar-refractivity contribution < 1.29 is 19.1 Å². The maximum absolute atomic E-state index is 13.7. The van der Waals surface area contributed by atoms with Gasteiger partial charge in [0.25, 0.3) is 0 Å². The van der Waals surface area contributed by atoms with Crippen LogP contribution in [0.25, 0.3) is 0 Å². The van der Waals surface area contributed by atoms with E-state index in [1.54, 1.807) is 31.9 Å². The van der Waals surface area contributed by atoms with Crippen molar-refractivity contribution in [1.82, 2.24) is 15.1 Å². The highest BCUT2D eigenvalue weighted by atomic mass is 16.5. The number of piperidine rings is 1. The van der Waals surface area contributed by atoms with Gasteiger partial charge in [-0.25, -0.2) is 4.79 Å². The number of likely N-dealkylation sites (tertiary alicyclic amines) is 1. The Morgan fingerprint density at radius 3 is 2.24 bits per heavy atom. The maximum atomic E-state index is 13.7. The number of carbonyl (C=O) groups is 3. The van der Waals surface area contributed by atoms with E-state index in [0.717, 1.165) is 25.8 Å². The second-order valence-corrected chi connectivity index (χ2v) is 10.9. The van der Waals surface area contributed by atoms with Crippen LogP contribution in [0, 0.1) is 11.3 Å². The molecule has 1 aliphatic heterocycles. The molecule has 0 spiro atoms. The minimum Gasteiger partial charge on any atom is -0.463 e. The van der Waals surface area contributed by atoms with Gasteiger partial charge >= 0.3 is 5.97 Å². The summed E-state index contributed by atoms with van der Waals surface area (Å²) >= 11 is 0. The smallest absolute Gasteiger partial charge is 0.333 e. The summed E-state index contributed by atoms with van der Waals surface area (Å²) in [6.07, 6.45) is 4.71. The Bertz CT molecular complexity index is 709. The zero-order valence-corrected chi connectivity index (χ0v) is 22.5. The second kappa shape index (κ2) is 12.5. The van der Waals surface area contributed by atoms with E-state index in [1.807, 2.05) is 34.6 Å². The molecule has 1 aliphatic rings. The monoisotopic (exact) mass is 465 g/mol. The van der Waals surface area contributed by atoms with Crippen molar-refractivity contribution in [3.63, 3.8) is 0 Å². The molecule has 1 saturated heterocycles. The van der Waals surface area contributed by atoms with Gasteiger partial charge in [-0.2, -0.15) is 0 Å². The third-order valence-electron chi connectivity index (χ3n) is 6.41. The van der Waals surface area contributed by atoms with E-state index in [2.05, 4.69) is 24.1 Å². The van der Waals surface area contributed by atoms with Crippen molar-refractivity contribution in [2.75, 3.05) is 20.2 Å². The van der Waals surface area contributed by atoms with E-state index in [-0.39, 0.29) is 41.8 Å². The molecular weight excluding hydrogens is 418 g/mol. The van der Waals surface area contributed by atoms with Gasteiger partial charge in [0.05, 0.1) is 18.7 Å².